The molecule has 0 spiro atoms. The number of carbonyl (C=O) groups is 1. The molecule has 2 aromatic rings. The van der Waals surface area contributed by atoms with Crippen molar-refractivity contribution in [2.24, 2.45) is 0 Å². The number of hydroxylamine groups is 1. The molecule has 0 unspecified atom stereocenters. The summed E-state index contributed by atoms with van der Waals surface area (Å²) in [6.45, 7) is 0. The van der Waals surface area contributed by atoms with Crippen molar-refractivity contribution in [1.82, 2.24) is 5.48 Å². The van der Waals surface area contributed by atoms with Crippen LogP contribution in [0.3, 0.4) is 0 Å². The molecule has 0 atom stereocenters. The van der Waals surface area contributed by atoms with Gasteiger partial charge in [0.1, 0.15) is 5.75 Å². The Morgan fingerprint density at radius 1 is 1.20 bits per heavy atom. The van der Waals surface area contributed by atoms with E-state index in [-0.39, 0.29) is 0 Å². The van der Waals surface area contributed by atoms with Gasteiger partial charge in [-0.25, -0.2) is 5.48 Å². The molecule has 0 bridgehead atoms. The van der Waals surface area contributed by atoms with Crippen molar-refractivity contribution >= 4 is 12.0 Å². The van der Waals surface area contributed by atoms with Crippen molar-refractivity contribution < 1.29 is 14.7 Å². The molecule has 2 N–H and O–H groups in total. The molecule has 20 heavy (non-hydrogen) atoms. The first-order valence-electron chi connectivity index (χ1n) is 6.10. The maximum absolute atomic E-state index is 11.1. The Hall–Kier alpha value is -2.59. The minimum absolute atomic E-state index is 0.577. The van der Waals surface area contributed by atoms with Crippen molar-refractivity contribution in [3.05, 3.63) is 60.2 Å². The van der Waals surface area contributed by atoms with Crippen LogP contribution in [0.15, 0.2) is 54.6 Å². The maximum Gasteiger partial charge on any atom is 0.267 e. The summed E-state index contributed by atoms with van der Waals surface area (Å²) in [6.07, 6.45) is 2.90. The van der Waals surface area contributed by atoms with E-state index in [1.165, 1.54) is 6.08 Å². The van der Waals surface area contributed by atoms with E-state index in [0.717, 1.165) is 16.7 Å². The summed E-state index contributed by atoms with van der Waals surface area (Å²) >= 11 is 0. The van der Waals surface area contributed by atoms with E-state index in [1.54, 1.807) is 18.7 Å². The average molecular weight is 269 g/mol. The zero-order chi connectivity index (χ0) is 14.4. The highest BCUT2D eigenvalue weighted by Gasteiger charge is 2.05. The van der Waals surface area contributed by atoms with Gasteiger partial charge in [-0.1, -0.05) is 36.4 Å². The molecule has 0 heterocycles. The SMILES string of the molecule is COc1ccc(-c2ccccc2)c(C=CC(=O)NO)c1. The van der Waals surface area contributed by atoms with Gasteiger partial charge >= 0.3 is 0 Å². The number of hydrogen-bond acceptors (Lipinski definition) is 3. The average Bonchev–Trinajstić information content (AvgIpc) is 2.53. The third-order valence-corrected chi connectivity index (χ3v) is 2.87. The van der Waals surface area contributed by atoms with Crippen LogP contribution in [0.5, 0.6) is 5.75 Å². The fourth-order valence-electron chi connectivity index (χ4n) is 1.89. The van der Waals surface area contributed by atoms with Gasteiger partial charge in [0.15, 0.2) is 0 Å². The minimum atomic E-state index is -0.577. The van der Waals surface area contributed by atoms with Crippen molar-refractivity contribution in [2.45, 2.75) is 0 Å². The summed E-state index contributed by atoms with van der Waals surface area (Å²) < 4.78 is 5.20. The van der Waals surface area contributed by atoms with Gasteiger partial charge in [0.25, 0.3) is 5.91 Å². The summed E-state index contributed by atoms with van der Waals surface area (Å²) in [6, 6.07) is 15.5. The van der Waals surface area contributed by atoms with Crippen LogP contribution in [0, 0.1) is 0 Å². The second-order valence-electron chi connectivity index (χ2n) is 4.13. The van der Waals surface area contributed by atoms with Gasteiger partial charge in [0.2, 0.25) is 0 Å². The molecule has 2 rings (SSSR count). The first-order chi connectivity index (χ1) is 9.74. The minimum Gasteiger partial charge on any atom is -0.497 e. The van der Waals surface area contributed by atoms with E-state index >= 15 is 0 Å². The highest BCUT2D eigenvalue weighted by molar-refractivity contribution is 5.92. The smallest absolute Gasteiger partial charge is 0.267 e. The number of ether oxygens (including phenoxy) is 1. The van der Waals surface area contributed by atoms with Crippen molar-refractivity contribution in [3.63, 3.8) is 0 Å². The van der Waals surface area contributed by atoms with Gasteiger partial charge in [0.05, 0.1) is 7.11 Å². The highest BCUT2D eigenvalue weighted by Crippen LogP contribution is 2.28. The van der Waals surface area contributed by atoms with Crippen LogP contribution < -0.4 is 10.2 Å². The van der Waals surface area contributed by atoms with Gasteiger partial charge in [-0.3, -0.25) is 10.0 Å². The van der Waals surface area contributed by atoms with E-state index in [0.29, 0.717) is 5.75 Å². The maximum atomic E-state index is 11.1. The van der Waals surface area contributed by atoms with E-state index in [4.69, 9.17) is 9.94 Å². The van der Waals surface area contributed by atoms with E-state index < -0.39 is 5.91 Å². The number of rotatable bonds is 4. The Bertz CT molecular complexity index is 621. The number of benzene rings is 2. The molecule has 4 heteroatoms. The summed E-state index contributed by atoms with van der Waals surface area (Å²) in [5, 5.41) is 8.52. The van der Waals surface area contributed by atoms with Crippen molar-refractivity contribution in [3.8, 4) is 16.9 Å². The Morgan fingerprint density at radius 2 is 1.95 bits per heavy atom. The number of carbonyl (C=O) groups excluding carboxylic acids is 1. The van der Waals surface area contributed by atoms with Crippen molar-refractivity contribution in [2.75, 3.05) is 7.11 Å². The highest BCUT2D eigenvalue weighted by atomic mass is 16.5. The monoisotopic (exact) mass is 269 g/mol. The van der Waals surface area contributed by atoms with Gasteiger partial charge in [0, 0.05) is 6.08 Å². The number of methoxy groups -OCH3 is 1. The van der Waals surface area contributed by atoms with Crippen LogP contribution in [0.25, 0.3) is 17.2 Å². The molecule has 2 aromatic carbocycles. The summed E-state index contributed by atoms with van der Waals surface area (Å²) in [5.74, 6) is 0.126. The van der Waals surface area contributed by atoms with Gasteiger partial charge in [-0.2, -0.15) is 0 Å². The second kappa shape index (κ2) is 6.54. The predicted octanol–water partition coefficient (Wildman–Crippen LogP) is 2.88. The lowest BCUT2D eigenvalue weighted by Crippen LogP contribution is -2.14. The lowest BCUT2D eigenvalue weighted by Gasteiger charge is -2.09. The Morgan fingerprint density at radius 3 is 2.60 bits per heavy atom. The standard InChI is InChI=1S/C16H15NO3/c1-20-14-8-9-15(12-5-3-2-4-6-12)13(11-14)7-10-16(18)17-19/h2-11,19H,1H3,(H,17,18). The fourth-order valence-corrected chi connectivity index (χ4v) is 1.89. The normalized spacial score (nSPS) is 10.5. The van der Waals surface area contributed by atoms with Crippen LogP contribution in [-0.2, 0) is 4.79 Å². The van der Waals surface area contributed by atoms with Crippen molar-refractivity contribution in [1.29, 1.82) is 0 Å². The van der Waals surface area contributed by atoms with Crippen LogP contribution in [-0.4, -0.2) is 18.2 Å². The zero-order valence-electron chi connectivity index (χ0n) is 11.0. The first kappa shape index (κ1) is 13.8. The number of amides is 1. The third kappa shape index (κ3) is 3.24. The lowest BCUT2D eigenvalue weighted by atomic mass is 9.99. The number of hydrogen-bond donors (Lipinski definition) is 2. The number of nitrogens with one attached hydrogen (secondary N) is 1. The molecule has 0 aliphatic carbocycles. The predicted molar refractivity (Wildman–Crippen MR) is 77.4 cm³/mol. The van der Waals surface area contributed by atoms with E-state index in [2.05, 4.69) is 0 Å². The molecule has 0 saturated carbocycles. The van der Waals surface area contributed by atoms with Gasteiger partial charge in [-0.15, -0.1) is 0 Å². The molecule has 102 valence electrons. The molecular formula is C16H15NO3. The quantitative estimate of drug-likeness (QED) is 0.510. The summed E-state index contributed by atoms with van der Waals surface area (Å²) in [4.78, 5) is 11.1. The molecule has 0 aliphatic heterocycles. The van der Waals surface area contributed by atoms with E-state index in [1.807, 2.05) is 48.5 Å². The van der Waals surface area contributed by atoms with Crippen LogP contribution in [0.2, 0.25) is 0 Å². The molecule has 0 aliphatic rings. The summed E-state index contributed by atoms with van der Waals surface area (Å²) in [7, 11) is 1.59. The molecule has 0 aromatic heterocycles. The van der Waals surface area contributed by atoms with Crippen LogP contribution in [0.4, 0.5) is 0 Å². The van der Waals surface area contributed by atoms with Gasteiger partial charge < -0.3 is 4.74 Å². The Kier molecular flexibility index (Phi) is 4.52. The van der Waals surface area contributed by atoms with E-state index in [9.17, 15) is 4.79 Å². The molecule has 0 saturated heterocycles. The lowest BCUT2D eigenvalue weighted by molar-refractivity contribution is -0.124. The largest absolute Gasteiger partial charge is 0.497 e. The van der Waals surface area contributed by atoms with Gasteiger partial charge in [-0.05, 0) is 34.9 Å². The third-order valence-electron chi connectivity index (χ3n) is 2.87. The fraction of sp³-hybridized carbons (Fsp3) is 0.0625. The Labute approximate surface area is 117 Å². The molecule has 0 radical (unpaired) electrons. The second-order valence-corrected chi connectivity index (χ2v) is 4.13. The summed E-state index contributed by atoms with van der Waals surface area (Å²) in [5.41, 5.74) is 4.42. The topological polar surface area (TPSA) is 58.6 Å². The zero-order valence-corrected chi connectivity index (χ0v) is 11.0. The molecule has 1 amide bonds. The molecular weight excluding hydrogens is 254 g/mol. The van der Waals surface area contributed by atoms with Crippen LogP contribution >= 0.6 is 0 Å². The Balaban J connectivity index is 2.46. The molecule has 4 nitrogen and oxygen atoms in total. The first-order valence-corrected chi connectivity index (χ1v) is 6.10. The van der Waals surface area contributed by atoms with Crippen LogP contribution in [0.1, 0.15) is 5.56 Å². The molecule has 0 fully saturated rings.